The molecule has 25 heavy (non-hydrogen) atoms. The number of nitrogens with one attached hydrogen (secondary N) is 1. The molecule has 1 aliphatic heterocycles. The second-order valence-corrected chi connectivity index (χ2v) is 8.37. The van der Waals surface area contributed by atoms with Crippen LogP contribution < -0.4 is 11.1 Å². The van der Waals surface area contributed by atoms with Crippen LogP contribution >= 0.6 is 0 Å². The topological polar surface area (TPSA) is 92.5 Å². The summed E-state index contributed by atoms with van der Waals surface area (Å²) in [6, 6.07) is 13.7. The minimum absolute atomic E-state index is 0.142. The van der Waals surface area contributed by atoms with Crippen molar-refractivity contribution in [2.45, 2.75) is 18.9 Å². The van der Waals surface area contributed by atoms with Crippen molar-refractivity contribution in [1.82, 2.24) is 9.62 Å². The van der Waals surface area contributed by atoms with E-state index in [2.05, 4.69) is 5.32 Å². The highest BCUT2D eigenvalue weighted by Gasteiger charge is 2.28. The number of hydrogen-bond acceptors (Lipinski definition) is 4. The first kappa shape index (κ1) is 17.8. The van der Waals surface area contributed by atoms with E-state index >= 15 is 0 Å². The molecule has 1 atom stereocenters. The average Bonchev–Trinajstić information content (AvgIpc) is 2.95. The van der Waals surface area contributed by atoms with E-state index in [0.717, 1.165) is 16.3 Å². The molecular weight excluding hydrogens is 338 g/mol. The van der Waals surface area contributed by atoms with Gasteiger partial charge in [0.2, 0.25) is 15.9 Å². The van der Waals surface area contributed by atoms with Gasteiger partial charge in [-0.1, -0.05) is 36.4 Å². The Balaban J connectivity index is 1.63. The van der Waals surface area contributed by atoms with Gasteiger partial charge < -0.3 is 11.1 Å². The summed E-state index contributed by atoms with van der Waals surface area (Å²) >= 11 is 0. The molecule has 1 aliphatic rings. The molecule has 0 aromatic heterocycles. The first-order chi connectivity index (χ1) is 12.0. The van der Waals surface area contributed by atoms with E-state index in [9.17, 15) is 13.2 Å². The number of nitrogens with zero attached hydrogens (tertiary/aromatic N) is 1. The van der Waals surface area contributed by atoms with Crippen LogP contribution in [0, 0.1) is 0 Å². The number of hydrogen-bond donors (Lipinski definition) is 2. The van der Waals surface area contributed by atoms with Crippen molar-refractivity contribution in [3.8, 4) is 0 Å². The van der Waals surface area contributed by atoms with Gasteiger partial charge in [-0.15, -0.1) is 0 Å². The normalized spacial score (nSPS) is 18.3. The van der Waals surface area contributed by atoms with Crippen molar-refractivity contribution in [3.05, 3.63) is 48.0 Å². The van der Waals surface area contributed by atoms with Crippen molar-refractivity contribution in [2.75, 3.05) is 25.4 Å². The molecule has 0 radical (unpaired) electrons. The van der Waals surface area contributed by atoms with Crippen LogP contribution in [0.25, 0.3) is 10.8 Å². The Morgan fingerprint density at radius 1 is 1.20 bits per heavy atom. The second kappa shape index (κ2) is 7.51. The molecule has 6 nitrogen and oxygen atoms in total. The number of carbonyl (C=O) groups is 1. The van der Waals surface area contributed by atoms with Gasteiger partial charge in [-0.3, -0.25) is 4.79 Å². The SMILES string of the molecule is NCC(NC(=O)CCN1CCCS1(=O)=O)c1ccc2ccccc2c1. The largest absolute Gasteiger partial charge is 0.348 e. The molecule has 2 aromatic carbocycles. The third-order valence-electron chi connectivity index (χ3n) is 4.54. The van der Waals surface area contributed by atoms with Crippen molar-refractivity contribution in [2.24, 2.45) is 5.73 Å². The number of sulfonamides is 1. The van der Waals surface area contributed by atoms with Gasteiger partial charge in [-0.25, -0.2) is 12.7 Å². The molecule has 0 saturated carbocycles. The van der Waals surface area contributed by atoms with Gasteiger partial charge in [0, 0.05) is 26.1 Å². The Morgan fingerprint density at radius 2 is 1.96 bits per heavy atom. The van der Waals surface area contributed by atoms with E-state index in [4.69, 9.17) is 5.73 Å². The van der Waals surface area contributed by atoms with Gasteiger partial charge in [-0.05, 0) is 28.8 Å². The molecule has 3 N–H and O–H groups in total. The van der Waals surface area contributed by atoms with Crippen LogP contribution in [0.15, 0.2) is 42.5 Å². The number of nitrogens with two attached hydrogens (primary N) is 1. The molecule has 3 rings (SSSR count). The molecule has 0 aliphatic carbocycles. The minimum Gasteiger partial charge on any atom is -0.348 e. The highest BCUT2D eigenvalue weighted by Crippen LogP contribution is 2.20. The number of amides is 1. The lowest BCUT2D eigenvalue weighted by atomic mass is 10.0. The second-order valence-electron chi connectivity index (χ2n) is 6.28. The standard InChI is InChI=1S/C18H23N3O3S/c19-13-17(16-7-6-14-4-1-2-5-15(14)12-16)20-18(22)8-10-21-9-3-11-25(21,23)24/h1-2,4-7,12,17H,3,8-11,13,19H2,(H,20,22). The maximum atomic E-state index is 12.2. The van der Waals surface area contributed by atoms with E-state index in [1.165, 1.54) is 4.31 Å². The van der Waals surface area contributed by atoms with Crippen LogP contribution in [0.5, 0.6) is 0 Å². The molecule has 2 aromatic rings. The van der Waals surface area contributed by atoms with Gasteiger partial charge in [0.25, 0.3) is 0 Å². The van der Waals surface area contributed by atoms with E-state index in [1.54, 1.807) is 0 Å². The summed E-state index contributed by atoms with van der Waals surface area (Å²) in [5.74, 6) is -0.0114. The maximum Gasteiger partial charge on any atom is 0.221 e. The first-order valence-electron chi connectivity index (χ1n) is 8.45. The number of rotatable bonds is 6. The molecule has 134 valence electrons. The molecule has 7 heteroatoms. The van der Waals surface area contributed by atoms with Gasteiger partial charge in [0.05, 0.1) is 11.8 Å². The maximum absolute atomic E-state index is 12.2. The van der Waals surface area contributed by atoms with Crippen LogP contribution in [0.4, 0.5) is 0 Å². The fraction of sp³-hybridized carbons (Fsp3) is 0.389. The first-order valence-corrected chi connectivity index (χ1v) is 10.1. The Labute approximate surface area is 148 Å². The number of benzene rings is 2. The summed E-state index contributed by atoms with van der Waals surface area (Å²) in [7, 11) is -3.16. The van der Waals surface area contributed by atoms with Crippen LogP contribution in [0.3, 0.4) is 0 Å². The molecule has 1 saturated heterocycles. The molecule has 0 spiro atoms. The van der Waals surface area contributed by atoms with E-state index < -0.39 is 10.0 Å². The summed E-state index contributed by atoms with van der Waals surface area (Å²) in [4.78, 5) is 12.2. The summed E-state index contributed by atoms with van der Waals surface area (Å²) in [5.41, 5.74) is 6.79. The summed E-state index contributed by atoms with van der Waals surface area (Å²) in [6.45, 7) is 1.01. The zero-order valence-electron chi connectivity index (χ0n) is 14.0. The lowest BCUT2D eigenvalue weighted by Gasteiger charge is -2.19. The summed E-state index contributed by atoms with van der Waals surface area (Å²) < 4.78 is 24.9. The van der Waals surface area contributed by atoms with Crippen molar-refractivity contribution in [1.29, 1.82) is 0 Å². The Hall–Kier alpha value is -1.96. The smallest absolute Gasteiger partial charge is 0.221 e. The molecule has 0 bridgehead atoms. The van der Waals surface area contributed by atoms with Gasteiger partial charge in [-0.2, -0.15) is 0 Å². The predicted octanol–water partition coefficient (Wildman–Crippen LogP) is 1.38. The van der Waals surface area contributed by atoms with Crippen molar-refractivity contribution in [3.63, 3.8) is 0 Å². The molecule has 1 fully saturated rings. The predicted molar refractivity (Wildman–Crippen MR) is 98.5 cm³/mol. The Kier molecular flexibility index (Phi) is 5.36. The third kappa shape index (κ3) is 4.18. The van der Waals surface area contributed by atoms with E-state index in [-0.39, 0.29) is 37.2 Å². The molecule has 1 amide bonds. The molecule has 1 heterocycles. The highest BCUT2D eigenvalue weighted by molar-refractivity contribution is 7.89. The lowest BCUT2D eigenvalue weighted by Crippen LogP contribution is -2.36. The summed E-state index contributed by atoms with van der Waals surface area (Å²) in [6.07, 6.45) is 0.774. The number of carbonyl (C=O) groups excluding carboxylic acids is 1. The van der Waals surface area contributed by atoms with Gasteiger partial charge in [0.1, 0.15) is 0 Å². The third-order valence-corrected chi connectivity index (χ3v) is 6.49. The van der Waals surface area contributed by atoms with E-state index in [1.807, 2.05) is 42.5 Å². The lowest BCUT2D eigenvalue weighted by molar-refractivity contribution is -0.121. The van der Waals surface area contributed by atoms with Crippen LogP contribution in [-0.2, 0) is 14.8 Å². The highest BCUT2D eigenvalue weighted by atomic mass is 32.2. The monoisotopic (exact) mass is 361 g/mol. The summed E-state index contributed by atoms with van der Waals surface area (Å²) in [5, 5.41) is 5.14. The fourth-order valence-electron chi connectivity index (χ4n) is 3.14. The van der Waals surface area contributed by atoms with Gasteiger partial charge >= 0.3 is 0 Å². The average molecular weight is 361 g/mol. The quantitative estimate of drug-likeness (QED) is 0.813. The zero-order chi connectivity index (χ0) is 17.9. The van der Waals surface area contributed by atoms with Gasteiger partial charge in [0.15, 0.2) is 0 Å². The fourth-order valence-corrected chi connectivity index (χ4v) is 4.67. The van der Waals surface area contributed by atoms with Crippen molar-refractivity contribution >= 4 is 26.7 Å². The minimum atomic E-state index is -3.16. The van der Waals surface area contributed by atoms with Crippen LogP contribution in [-0.4, -0.2) is 44.0 Å². The molecule has 1 unspecified atom stereocenters. The van der Waals surface area contributed by atoms with Crippen molar-refractivity contribution < 1.29 is 13.2 Å². The van der Waals surface area contributed by atoms with Crippen LogP contribution in [0.1, 0.15) is 24.4 Å². The van der Waals surface area contributed by atoms with E-state index in [0.29, 0.717) is 13.0 Å². The Morgan fingerprint density at radius 3 is 2.64 bits per heavy atom. The molecular formula is C18H23N3O3S. The zero-order valence-corrected chi connectivity index (χ0v) is 14.8. The Bertz CT molecular complexity index is 867. The van der Waals surface area contributed by atoms with Crippen LogP contribution in [0.2, 0.25) is 0 Å². The number of fused-ring (bicyclic) bond motifs is 1.